The number of aryl methyl sites for hydroxylation is 2. The SMILES string of the molecule is CNC(=O)CCC(C=O)N1Cc2c(CCCCCNC(=O)c3cc(OC4CCCCC4)c(-c4cn(C)c(=O)c5[nH]c(C=O)cc45)cc3NSC)cccc2C1=O.CNCCNC(=O)CCN1C(=O)CC(SCC(N)C(=O)O)C1=O. The fourth-order valence-corrected chi connectivity index (χ4v) is 11.2. The fourth-order valence-electron chi connectivity index (χ4n) is 9.74. The fraction of sp³-hybridized carbons (Fsp3) is 0.491. The molecule has 2 aromatic heterocycles. The molecule has 1 aliphatic carbocycles. The quantitative estimate of drug-likeness (QED) is 0.0173. The zero-order valence-electron chi connectivity index (χ0n) is 45.1. The van der Waals surface area contributed by atoms with Gasteiger partial charge in [0, 0.05) is 106 Å². The van der Waals surface area contributed by atoms with Gasteiger partial charge in [0.1, 0.15) is 23.6 Å². The molecule has 3 aliphatic rings. The number of carboxylic acids is 1. The number of amides is 6. The predicted octanol–water partition coefficient (Wildman–Crippen LogP) is 3.92. The maximum Gasteiger partial charge on any atom is 0.321 e. The number of aliphatic carboxylic acids is 1. The number of unbranched alkanes of at least 4 members (excludes halogenated alkanes) is 2. The molecular weight excluding hydrogens is 1060 g/mol. The Morgan fingerprint density at radius 1 is 0.924 bits per heavy atom. The summed E-state index contributed by atoms with van der Waals surface area (Å²) in [7, 11) is 4.98. The number of pyridine rings is 1. The average Bonchev–Trinajstić information content (AvgIpc) is 4.14. The van der Waals surface area contributed by atoms with E-state index in [4.69, 9.17) is 15.6 Å². The Bertz CT molecular complexity index is 2940. The number of carbonyl (C=O) groups is 9. The maximum atomic E-state index is 13.8. The summed E-state index contributed by atoms with van der Waals surface area (Å²) in [5.74, 6) is -2.12. The van der Waals surface area contributed by atoms with Crippen LogP contribution in [0.3, 0.4) is 0 Å². The third-order valence-electron chi connectivity index (χ3n) is 14.1. The van der Waals surface area contributed by atoms with Crippen molar-refractivity contribution in [3.63, 3.8) is 0 Å². The number of nitrogens with two attached hydrogens (primary N) is 1. The minimum absolute atomic E-state index is 0.00921. The predicted molar refractivity (Wildman–Crippen MR) is 303 cm³/mol. The molecule has 2 aliphatic heterocycles. The number of aromatic amines is 1. The van der Waals surface area contributed by atoms with E-state index < -0.39 is 23.3 Å². The molecular formula is C55H72N10O12S2. The summed E-state index contributed by atoms with van der Waals surface area (Å²) >= 11 is 2.42. The molecule has 6 amide bonds. The van der Waals surface area contributed by atoms with Crippen LogP contribution in [0, 0.1) is 0 Å². The number of carbonyl (C=O) groups excluding carboxylic acids is 8. The van der Waals surface area contributed by atoms with Gasteiger partial charge in [0.25, 0.3) is 17.4 Å². The number of fused-ring (bicyclic) bond motifs is 2. The van der Waals surface area contributed by atoms with E-state index in [1.165, 1.54) is 16.5 Å². The van der Waals surface area contributed by atoms with Crippen LogP contribution in [0.1, 0.15) is 119 Å². The second-order valence-electron chi connectivity index (χ2n) is 19.6. The number of nitrogens with zero attached hydrogens (tertiary/aromatic N) is 3. The van der Waals surface area contributed by atoms with Crippen LogP contribution in [-0.4, -0.2) is 154 Å². The maximum absolute atomic E-state index is 13.8. The largest absolute Gasteiger partial charge is 0.490 e. The van der Waals surface area contributed by atoms with Crippen LogP contribution in [0.2, 0.25) is 0 Å². The third kappa shape index (κ3) is 16.1. The summed E-state index contributed by atoms with van der Waals surface area (Å²) in [5.41, 5.74) is 10.8. The highest BCUT2D eigenvalue weighted by Gasteiger charge is 2.39. The molecule has 3 unspecified atom stereocenters. The van der Waals surface area contributed by atoms with Gasteiger partial charge in [0.15, 0.2) is 6.29 Å². The Morgan fingerprint density at radius 2 is 1.70 bits per heavy atom. The summed E-state index contributed by atoms with van der Waals surface area (Å²) in [5, 5.41) is 19.9. The Kier molecular flexibility index (Phi) is 23.1. The van der Waals surface area contributed by atoms with Crippen LogP contribution < -0.4 is 42.0 Å². The highest BCUT2D eigenvalue weighted by Crippen LogP contribution is 2.41. The number of benzene rings is 2. The molecule has 0 spiro atoms. The van der Waals surface area contributed by atoms with Crippen molar-refractivity contribution < 1.29 is 53.0 Å². The first-order valence-electron chi connectivity index (χ1n) is 26.6. The highest BCUT2D eigenvalue weighted by molar-refractivity contribution is 8.00. The topological polar surface area (TPSA) is 314 Å². The molecule has 7 rings (SSSR count). The van der Waals surface area contributed by atoms with Gasteiger partial charge in [-0.2, -0.15) is 0 Å². The number of anilines is 1. The van der Waals surface area contributed by atoms with Crippen molar-refractivity contribution in [3.8, 4) is 16.9 Å². The molecule has 0 bridgehead atoms. The lowest BCUT2D eigenvalue weighted by atomic mass is 9.96. The van der Waals surface area contributed by atoms with Gasteiger partial charge in [0.05, 0.1) is 34.3 Å². The van der Waals surface area contributed by atoms with E-state index in [0.29, 0.717) is 82.8 Å². The lowest BCUT2D eigenvalue weighted by molar-refractivity contribution is -0.139. The molecule has 0 radical (unpaired) electrons. The van der Waals surface area contributed by atoms with Crippen molar-refractivity contribution >= 4 is 94.3 Å². The van der Waals surface area contributed by atoms with Crippen molar-refractivity contribution in [1.29, 1.82) is 0 Å². The van der Waals surface area contributed by atoms with Crippen LogP contribution in [0.5, 0.6) is 5.75 Å². The van der Waals surface area contributed by atoms with Crippen molar-refractivity contribution in [2.24, 2.45) is 12.8 Å². The lowest BCUT2D eigenvalue weighted by Gasteiger charge is -2.26. The first kappa shape index (κ1) is 61.2. The average molecular weight is 1130 g/mol. The number of hydrogen-bond acceptors (Lipinski definition) is 16. The van der Waals surface area contributed by atoms with E-state index >= 15 is 0 Å². The van der Waals surface area contributed by atoms with Crippen molar-refractivity contribution in [2.45, 2.75) is 113 Å². The monoisotopic (exact) mass is 1130 g/mol. The number of aromatic nitrogens is 2. The minimum atomic E-state index is -1.15. The lowest BCUT2D eigenvalue weighted by Crippen LogP contribution is -2.37. The van der Waals surface area contributed by atoms with Crippen LogP contribution in [0.4, 0.5) is 5.69 Å². The number of hydrogen-bond donors (Lipinski definition) is 8. The first-order chi connectivity index (χ1) is 38.0. The number of likely N-dealkylation sites (tertiary alicyclic amines) is 1. The number of ether oxygens (including phenoxy) is 1. The molecule has 4 heterocycles. The van der Waals surface area contributed by atoms with Gasteiger partial charge in [-0.05, 0) is 93.8 Å². The van der Waals surface area contributed by atoms with Crippen LogP contribution in [0.25, 0.3) is 22.0 Å². The minimum Gasteiger partial charge on any atom is -0.490 e. The number of carboxylic acid groups (broad SMARTS) is 1. The first-order valence-corrected chi connectivity index (χ1v) is 28.8. The smallest absolute Gasteiger partial charge is 0.321 e. The second kappa shape index (κ2) is 29.8. The molecule has 2 fully saturated rings. The number of rotatable bonds is 28. The standard InChI is InChI=1S/C42H50N6O7S.C13H22N4O5S/c1-43-38(51)17-16-28(25-50)48-23-34-26(12-10-15-30(34)41(48)53)11-6-5-9-18-44-40(52)33-21-37(55-29-13-7-4-8-14-29)31(20-36(33)46-56-3)35-22-47(2)42(54)39-32(35)19-27(24-49)45-39;1-15-3-4-16-10(18)2-5-17-11(19)6-9(12(17)20)23-7-8(14)13(21)22/h10,12,15,19-22,24-25,28-29,45-46H,4-9,11,13-14,16-18,23H2,1-3H3,(H,43,51)(H,44,52);8-9,15H,2-7,14H2,1H3,(H,16,18)(H,21,22). The van der Waals surface area contributed by atoms with E-state index in [0.717, 1.165) is 91.9 Å². The molecule has 9 N–H and O–H groups in total. The van der Waals surface area contributed by atoms with E-state index in [9.17, 15) is 47.9 Å². The summed E-state index contributed by atoms with van der Waals surface area (Å²) in [6.45, 7) is 1.94. The molecule has 1 saturated carbocycles. The molecule has 24 heteroatoms. The third-order valence-corrected chi connectivity index (χ3v) is 15.8. The summed E-state index contributed by atoms with van der Waals surface area (Å²) in [6, 6.07) is 9.29. The van der Waals surface area contributed by atoms with Crippen molar-refractivity contribution in [2.75, 3.05) is 57.0 Å². The number of nitrogens with one attached hydrogen (secondary N) is 6. The van der Waals surface area contributed by atoms with Gasteiger partial charge >= 0.3 is 5.97 Å². The normalized spacial score (nSPS) is 16.0. The van der Waals surface area contributed by atoms with Gasteiger partial charge < -0.3 is 60.8 Å². The van der Waals surface area contributed by atoms with Gasteiger partial charge in [-0.25, -0.2) is 0 Å². The zero-order chi connectivity index (χ0) is 57.2. The number of H-pyrrole nitrogens is 1. The Hall–Kier alpha value is -7.02. The van der Waals surface area contributed by atoms with Gasteiger partial charge in [0.2, 0.25) is 23.6 Å². The molecule has 79 heavy (non-hydrogen) atoms. The number of imide groups is 1. The number of likely N-dealkylation sites (N-methyl/N-ethyl adjacent to an activating group) is 1. The van der Waals surface area contributed by atoms with Crippen molar-refractivity contribution in [1.82, 2.24) is 40.6 Å². The molecule has 4 aromatic rings. The van der Waals surface area contributed by atoms with Crippen LogP contribution in [0.15, 0.2) is 47.4 Å². The summed E-state index contributed by atoms with van der Waals surface area (Å²) in [6.07, 6.45) is 13.8. The van der Waals surface area contributed by atoms with Gasteiger partial charge in [-0.15, -0.1) is 11.8 Å². The van der Waals surface area contributed by atoms with Gasteiger partial charge in [-0.1, -0.05) is 36.9 Å². The summed E-state index contributed by atoms with van der Waals surface area (Å²) < 4.78 is 11.4. The van der Waals surface area contributed by atoms with E-state index in [1.807, 2.05) is 24.5 Å². The summed E-state index contributed by atoms with van der Waals surface area (Å²) in [4.78, 5) is 127. The van der Waals surface area contributed by atoms with E-state index in [-0.39, 0.29) is 85.1 Å². The Morgan fingerprint density at radius 3 is 2.39 bits per heavy atom. The van der Waals surface area contributed by atoms with E-state index in [1.54, 1.807) is 50.4 Å². The van der Waals surface area contributed by atoms with Crippen LogP contribution in [-0.2, 0) is 48.8 Å². The van der Waals surface area contributed by atoms with Crippen molar-refractivity contribution in [3.05, 3.63) is 80.9 Å². The molecule has 426 valence electrons. The van der Waals surface area contributed by atoms with Crippen LogP contribution >= 0.6 is 23.7 Å². The number of thioether (sulfide) groups is 1. The Labute approximate surface area is 467 Å². The molecule has 22 nitrogen and oxygen atoms in total. The second-order valence-corrected chi connectivity index (χ2v) is 21.4. The molecule has 3 atom stereocenters. The molecule has 2 aromatic carbocycles. The van der Waals surface area contributed by atoms with Gasteiger partial charge in [-0.3, -0.25) is 48.1 Å². The highest BCUT2D eigenvalue weighted by atomic mass is 32.2. The Balaban J connectivity index is 0.000000368. The zero-order valence-corrected chi connectivity index (χ0v) is 46.7. The number of aldehydes is 2. The molecule has 1 saturated heterocycles. The van der Waals surface area contributed by atoms with E-state index in [2.05, 4.69) is 31.0 Å².